The molecule has 22 rings (SSSR count). The van der Waals surface area contributed by atoms with Gasteiger partial charge >= 0.3 is 0 Å². The smallest absolute Gasteiger partial charge is 0.160 e. The van der Waals surface area contributed by atoms with E-state index in [2.05, 4.69) is 382 Å². The van der Waals surface area contributed by atoms with Crippen LogP contribution in [0.25, 0.3) is 200 Å². The molecule has 0 aliphatic heterocycles. The molecule has 0 N–H and O–H groups in total. The van der Waals surface area contributed by atoms with Gasteiger partial charge < -0.3 is 18.3 Å². The van der Waals surface area contributed by atoms with E-state index in [1.807, 2.05) is 36.4 Å². The summed E-state index contributed by atoms with van der Waals surface area (Å²) in [6.07, 6.45) is 0. The predicted octanol–water partition coefficient (Wildman–Crippen LogP) is 26.2. The molecule has 22 aromatic rings. The zero-order valence-electron chi connectivity index (χ0n) is 59.7. The van der Waals surface area contributed by atoms with Gasteiger partial charge in [0.1, 0.15) is 0 Å². The third kappa shape index (κ3) is 11.0. The molecule has 8 nitrogen and oxygen atoms in total. The molecule has 0 bridgehead atoms. The molecular weight excluding hydrogens is 1340 g/mol. The van der Waals surface area contributed by atoms with Gasteiger partial charge in [0.25, 0.3) is 0 Å². The largest absolute Gasteiger partial charge is 0.309 e. The van der Waals surface area contributed by atoms with Gasteiger partial charge in [-0.25, -0.2) is 19.9 Å². The molecule has 6 heterocycles. The van der Waals surface area contributed by atoms with Crippen LogP contribution in [-0.2, 0) is 0 Å². The van der Waals surface area contributed by atoms with Crippen LogP contribution >= 0.6 is 0 Å². The van der Waals surface area contributed by atoms with Crippen LogP contribution in [0, 0.1) is 0 Å². The summed E-state index contributed by atoms with van der Waals surface area (Å²) in [5.74, 6) is 1.41. The molecule has 0 atom stereocenters. The molecule has 514 valence electrons. The fourth-order valence-electron chi connectivity index (χ4n) is 16.5. The molecule has 0 aliphatic rings. The standard InChI is InChI=1S/C52H34N4.C50H32N4/c1-4-15-35(16-5-1)39-21-14-22-41(31-39)56-49-26-13-11-24-43(49)45-32-50-44(33-51(45)56)42-23-10-12-25-48(42)55(50)40-29-27-38(28-30-40)52-53-46(36-17-6-2-7-18-36)34-47(54-52)37-19-8-3-9-20-37;1-3-15-34(16-4-1)43-32-44(52-50(51-43)36-17-5-2-6-18-36)35-26-28-37(29-27-35)53-46-23-11-9-21-39(46)41-31-49-42(30-48(41)53)40-22-10-12-24-47(40)54(49)45-25-13-19-33-14-7-8-20-38(33)45/h1-34H;1-32H. The molecule has 16 aromatic carbocycles. The van der Waals surface area contributed by atoms with Crippen molar-refractivity contribution in [3.8, 4) is 102 Å². The molecular formula is C102H66N8. The summed E-state index contributed by atoms with van der Waals surface area (Å²) in [5, 5.41) is 12.3. The van der Waals surface area contributed by atoms with E-state index in [1.165, 1.54) is 115 Å². The maximum Gasteiger partial charge on any atom is 0.160 e. The molecule has 0 radical (unpaired) electrons. The van der Waals surface area contributed by atoms with E-state index in [1.54, 1.807) is 0 Å². The maximum atomic E-state index is 5.08. The van der Waals surface area contributed by atoms with E-state index in [4.69, 9.17) is 19.9 Å². The van der Waals surface area contributed by atoms with Crippen molar-refractivity contribution in [1.82, 2.24) is 38.2 Å². The van der Waals surface area contributed by atoms with Crippen LogP contribution in [0.2, 0.25) is 0 Å². The SMILES string of the molecule is c1ccc(-c2cc(-c3ccc(-n4c5ccccc5c5cc6c(cc54)c4ccccc4n6-c4cccc5ccccc45)cc3)nc(-c3ccccc3)n2)cc1.c1ccc(-c2cccc(-n3c4ccccc4c4cc5c(cc43)c3ccccc3n5-c3ccc(-c4nc(-c5ccccc5)cc(-c5ccccc5)n4)cc3)c2)cc1. The van der Waals surface area contributed by atoms with Gasteiger partial charge in [-0.3, -0.25) is 0 Å². The average molecular weight is 1400 g/mol. The highest BCUT2D eigenvalue weighted by Gasteiger charge is 2.23. The first-order valence-corrected chi connectivity index (χ1v) is 37.3. The Morgan fingerprint density at radius 1 is 0.155 bits per heavy atom. The fourth-order valence-corrected chi connectivity index (χ4v) is 16.5. The lowest BCUT2D eigenvalue weighted by Crippen LogP contribution is -1.97. The van der Waals surface area contributed by atoms with Crippen molar-refractivity contribution in [3.05, 3.63) is 400 Å². The van der Waals surface area contributed by atoms with Crippen molar-refractivity contribution in [2.75, 3.05) is 0 Å². The van der Waals surface area contributed by atoms with E-state index >= 15 is 0 Å². The third-order valence-corrected chi connectivity index (χ3v) is 21.6. The van der Waals surface area contributed by atoms with Crippen LogP contribution in [0.4, 0.5) is 0 Å². The van der Waals surface area contributed by atoms with Crippen LogP contribution in [0.3, 0.4) is 0 Å². The minimum atomic E-state index is 0.699. The first-order chi connectivity index (χ1) is 54.5. The number of aromatic nitrogens is 8. The van der Waals surface area contributed by atoms with Crippen molar-refractivity contribution in [2.45, 2.75) is 0 Å². The molecule has 0 fully saturated rings. The second kappa shape index (κ2) is 26.6. The van der Waals surface area contributed by atoms with Crippen molar-refractivity contribution < 1.29 is 0 Å². The first kappa shape index (κ1) is 63.6. The quantitative estimate of drug-likeness (QED) is 0.129. The number of para-hydroxylation sites is 4. The summed E-state index contributed by atoms with van der Waals surface area (Å²) in [4.78, 5) is 20.2. The lowest BCUT2D eigenvalue weighted by atomic mass is 10.1. The minimum Gasteiger partial charge on any atom is -0.309 e. The molecule has 0 unspecified atom stereocenters. The minimum absolute atomic E-state index is 0.699. The zero-order chi connectivity index (χ0) is 72.6. The van der Waals surface area contributed by atoms with E-state index in [0.29, 0.717) is 11.6 Å². The molecule has 0 spiro atoms. The van der Waals surface area contributed by atoms with E-state index in [9.17, 15) is 0 Å². The highest BCUT2D eigenvalue weighted by Crippen LogP contribution is 2.44. The topological polar surface area (TPSA) is 71.3 Å². The van der Waals surface area contributed by atoms with Gasteiger partial charge in [0.15, 0.2) is 11.6 Å². The normalized spacial score (nSPS) is 11.6. The second-order valence-electron chi connectivity index (χ2n) is 28.1. The van der Waals surface area contributed by atoms with Crippen LogP contribution in [0.15, 0.2) is 400 Å². The molecule has 0 aliphatic carbocycles. The van der Waals surface area contributed by atoms with Gasteiger partial charge in [-0.05, 0) is 132 Å². The number of fused-ring (bicyclic) bond motifs is 13. The predicted molar refractivity (Wildman–Crippen MR) is 457 cm³/mol. The fraction of sp³-hybridized carbons (Fsp3) is 0. The lowest BCUT2D eigenvalue weighted by molar-refractivity contribution is 1.16. The Labute approximate surface area is 634 Å². The lowest BCUT2D eigenvalue weighted by Gasteiger charge is -2.12. The molecule has 110 heavy (non-hydrogen) atoms. The Hall–Kier alpha value is -14.9. The van der Waals surface area contributed by atoms with Gasteiger partial charge in [0.2, 0.25) is 0 Å². The summed E-state index contributed by atoms with van der Waals surface area (Å²) in [6, 6.07) is 142. The third-order valence-electron chi connectivity index (χ3n) is 21.6. The zero-order valence-corrected chi connectivity index (χ0v) is 59.7. The van der Waals surface area contributed by atoms with Crippen LogP contribution < -0.4 is 0 Å². The number of hydrogen-bond donors (Lipinski definition) is 0. The van der Waals surface area contributed by atoms with Crippen molar-refractivity contribution in [3.63, 3.8) is 0 Å². The second-order valence-corrected chi connectivity index (χ2v) is 28.1. The van der Waals surface area contributed by atoms with Gasteiger partial charge in [0, 0.05) is 98.9 Å². The molecule has 8 heteroatoms. The Morgan fingerprint density at radius 2 is 0.445 bits per heavy atom. The summed E-state index contributed by atoms with van der Waals surface area (Å²) in [5.41, 5.74) is 26.2. The highest BCUT2D eigenvalue weighted by atomic mass is 15.0. The highest BCUT2D eigenvalue weighted by molar-refractivity contribution is 6.21. The van der Waals surface area contributed by atoms with E-state index < -0.39 is 0 Å². The number of benzene rings is 16. The summed E-state index contributed by atoms with van der Waals surface area (Å²) in [6.45, 7) is 0. The monoisotopic (exact) mass is 1400 g/mol. The Balaban J connectivity index is 0.000000140. The van der Waals surface area contributed by atoms with E-state index in [-0.39, 0.29) is 0 Å². The first-order valence-electron chi connectivity index (χ1n) is 37.3. The average Bonchev–Trinajstić information content (AvgIpc) is 1.56. The molecule has 6 aromatic heterocycles. The maximum absolute atomic E-state index is 5.08. The van der Waals surface area contributed by atoms with Crippen molar-refractivity contribution >= 4 is 98.0 Å². The van der Waals surface area contributed by atoms with Gasteiger partial charge in [-0.15, -0.1) is 0 Å². The summed E-state index contributed by atoms with van der Waals surface area (Å²) in [7, 11) is 0. The molecule has 0 amide bonds. The number of hydrogen-bond acceptors (Lipinski definition) is 4. The summed E-state index contributed by atoms with van der Waals surface area (Å²) >= 11 is 0. The Morgan fingerprint density at radius 3 is 0.873 bits per heavy atom. The van der Waals surface area contributed by atoms with Crippen LogP contribution in [0.5, 0.6) is 0 Å². The van der Waals surface area contributed by atoms with E-state index in [0.717, 1.165) is 73.2 Å². The van der Waals surface area contributed by atoms with Crippen LogP contribution in [-0.4, -0.2) is 38.2 Å². The van der Waals surface area contributed by atoms with Gasteiger partial charge in [-0.2, -0.15) is 0 Å². The number of rotatable bonds is 11. The molecule has 0 saturated carbocycles. The number of nitrogens with zero attached hydrogens (tertiary/aromatic N) is 8. The molecule has 0 saturated heterocycles. The van der Waals surface area contributed by atoms with Gasteiger partial charge in [-0.1, -0.05) is 285 Å². The Kier molecular flexibility index (Phi) is 15.4. The summed E-state index contributed by atoms with van der Waals surface area (Å²) < 4.78 is 9.67. The van der Waals surface area contributed by atoms with Gasteiger partial charge in [0.05, 0.1) is 72.6 Å². The van der Waals surface area contributed by atoms with Crippen molar-refractivity contribution in [2.24, 2.45) is 0 Å². The van der Waals surface area contributed by atoms with Crippen LogP contribution in [0.1, 0.15) is 0 Å². The Bertz CT molecular complexity index is 7160. The van der Waals surface area contributed by atoms with Crippen molar-refractivity contribution in [1.29, 1.82) is 0 Å².